The van der Waals surface area contributed by atoms with E-state index in [1.807, 2.05) is 6.20 Å². The van der Waals surface area contributed by atoms with Crippen LogP contribution in [-0.4, -0.2) is 4.98 Å². The van der Waals surface area contributed by atoms with Crippen molar-refractivity contribution in [2.75, 3.05) is 5.73 Å². The summed E-state index contributed by atoms with van der Waals surface area (Å²) in [5.41, 5.74) is 8.29. The fourth-order valence-corrected chi connectivity index (χ4v) is 2.11. The molecule has 0 aromatic carbocycles. The normalized spacial score (nSPS) is 10.7. The van der Waals surface area contributed by atoms with E-state index in [4.69, 9.17) is 5.73 Å². The van der Waals surface area contributed by atoms with E-state index in [0.29, 0.717) is 5.82 Å². The van der Waals surface area contributed by atoms with Crippen LogP contribution in [0.1, 0.15) is 63.0 Å². The Kier molecular flexibility index (Phi) is 6.68. The van der Waals surface area contributed by atoms with Crippen molar-refractivity contribution in [3.05, 3.63) is 23.4 Å². The summed E-state index contributed by atoms with van der Waals surface area (Å²) in [6, 6.07) is 2.17. The van der Waals surface area contributed by atoms with Gasteiger partial charge in [-0.3, -0.25) is 0 Å². The molecule has 0 aliphatic heterocycles. The number of nitrogens with zero attached hydrogens (tertiary/aromatic N) is 1. The Balaban J connectivity index is 2.15. The molecule has 0 unspecified atom stereocenters. The zero-order chi connectivity index (χ0) is 12.5. The number of rotatable bonds is 8. The third-order valence-electron chi connectivity index (χ3n) is 3.19. The van der Waals surface area contributed by atoms with E-state index in [2.05, 4.69) is 24.9 Å². The van der Waals surface area contributed by atoms with Crippen molar-refractivity contribution in [2.24, 2.45) is 0 Å². The molecule has 96 valence electrons. The van der Waals surface area contributed by atoms with Gasteiger partial charge in [0.15, 0.2) is 0 Å². The van der Waals surface area contributed by atoms with Gasteiger partial charge in [-0.25, -0.2) is 4.98 Å². The number of nitrogens with two attached hydrogens (primary N) is 1. The summed E-state index contributed by atoms with van der Waals surface area (Å²) in [4.78, 5) is 4.20. The van der Waals surface area contributed by atoms with Crippen molar-refractivity contribution in [1.29, 1.82) is 0 Å². The maximum atomic E-state index is 5.86. The fraction of sp³-hybridized carbons (Fsp3) is 0.667. The highest BCUT2D eigenvalue weighted by atomic mass is 14.8. The molecule has 0 saturated carbocycles. The van der Waals surface area contributed by atoms with Gasteiger partial charge in [-0.05, 0) is 30.9 Å². The first-order valence-corrected chi connectivity index (χ1v) is 6.95. The Morgan fingerprint density at radius 1 is 1.06 bits per heavy atom. The van der Waals surface area contributed by atoms with E-state index in [1.165, 1.54) is 56.1 Å². The Hall–Kier alpha value is -1.05. The summed E-state index contributed by atoms with van der Waals surface area (Å²) >= 11 is 0. The van der Waals surface area contributed by atoms with Gasteiger partial charge in [0.25, 0.3) is 0 Å². The number of pyridine rings is 1. The van der Waals surface area contributed by atoms with Gasteiger partial charge < -0.3 is 5.73 Å². The van der Waals surface area contributed by atoms with Crippen molar-refractivity contribution < 1.29 is 0 Å². The van der Waals surface area contributed by atoms with Gasteiger partial charge in [0, 0.05) is 6.20 Å². The molecule has 0 aliphatic carbocycles. The lowest BCUT2D eigenvalue weighted by atomic mass is 10.0. The molecule has 17 heavy (non-hydrogen) atoms. The largest absolute Gasteiger partial charge is 0.383 e. The predicted octanol–water partition coefficient (Wildman–Crippen LogP) is 4.27. The molecule has 0 aliphatic rings. The van der Waals surface area contributed by atoms with Gasteiger partial charge in [0.05, 0.1) is 0 Å². The molecular formula is C15H26N2. The van der Waals surface area contributed by atoms with Crippen LogP contribution in [-0.2, 0) is 6.42 Å². The minimum absolute atomic E-state index is 0.710. The summed E-state index contributed by atoms with van der Waals surface area (Å²) in [5.74, 6) is 0.710. The highest BCUT2D eigenvalue weighted by Gasteiger charge is 2.00. The van der Waals surface area contributed by atoms with Crippen LogP contribution in [0.25, 0.3) is 0 Å². The van der Waals surface area contributed by atoms with Gasteiger partial charge in [-0.2, -0.15) is 0 Å². The average Bonchev–Trinajstić information content (AvgIpc) is 2.32. The van der Waals surface area contributed by atoms with Gasteiger partial charge in [-0.1, -0.05) is 51.5 Å². The van der Waals surface area contributed by atoms with Crippen LogP contribution in [0, 0.1) is 6.92 Å². The van der Waals surface area contributed by atoms with Crippen LogP contribution in [0.15, 0.2) is 12.3 Å². The zero-order valence-corrected chi connectivity index (χ0v) is 11.3. The number of aromatic nitrogens is 1. The maximum Gasteiger partial charge on any atom is 0.126 e. The van der Waals surface area contributed by atoms with Gasteiger partial charge in [0.1, 0.15) is 5.82 Å². The van der Waals surface area contributed by atoms with E-state index < -0.39 is 0 Å². The number of hydrogen-bond acceptors (Lipinski definition) is 2. The molecule has 1 heterocycles. The lowest BCUT2D eigenvalue weighted by Crippen LogP contribution is -1.98. The fourth-order valence-electron chi connectivity index (χ4n) is 2.11. The predicted molar refractivity (Wildman–Crippen MR) is 75.1 cm³/mol. The molecule has 2 heteroatoms. The SMILES string of the molecule is CCCCCCCCCc1cc(C)cnc1N. The van der Waals surface area contributed by atoms with Crippen molar-refractivity contribution in [3.8, 4) is 0 Å². The van der Waals surface area contributed by atoms with Crippen molar-refractivity contribution in [2.45, 2.75) is 65.2 Å². The zero-order valence-electron chi connectivity index (χ0n) is 11.3. The van der Waals surface area contributed by atoms with E-state index in [9.17, 15) is 0 Å². The number of anilines is 1. The molecule has 0 bridgehead atoms. The van der Waals surface area contributed by atoms with E-state index >= 15 is 0 Å². The molecule has 0 amide bonds. The van der Waals surface area contributed by atoms with Crippen LogP contribution in [0.5, 0.6) is 0 Å². The molecule has 0 radical (unpaired) electrons. The first-order valence-electron chi connectivity index (χ1n) is 6.95. The minimum atomic E-state index is 0.710. The van der Waals surface area contributed by atoms with Crippen LogP contribution in [0.2, 0.25) is 0 Å². The summed E-state index contributed by atoms with van der Waals surface area (Å²) in [6.07, 6.45) is 12.3. The van der Waals surface area contributed by atoms with Crippen molar-refractivity contribution in [1.82, 2.24) is 4.98 Å². The molecule has 1 aromatic heterocycles. The van der Waals surface area contributed by atoms with Crippen LogP contribution in [0.3, 0.4) is 0 Å². The number of unbranched alkanes of at least 4 members (excludes halogenated alkanes) is 6. The molecule has 1 aromatic rings. The van der Waals surface area contributed by atoms with Gasteiger partial charge in [0.2, 0.25) is 0 Å². The van der Waals surface area contributed by atoms with Gasteiger partial charge in [-0.15, -0.1) is 0 Å². The molecule has 2 nitrogen and oxygen atoms in total. The molecule has 0 saturated heterocycles. The van der Waals surface area contributed by atoms with E-state index in [-0.39, 0.29) is 0 Å². The Labute approximate surface area is 106 Å². The molecule has 0 spiro atoms. The molecule has 0 atom stereocenters. The summed E-state index contributed by atoms with van der Waals surface area (Å²) in [6.45, 7) is 4.33. The molecule has 0 fully saturated rings. The number of nitrogen functional groups attached to an aromatic ring is 1. The van der Waals surface area contributed by atoms with Crippen LogP contribution < -0.4 is 5.73 Å². The van der Waals surface area contributed by atoms with E-state index in [0.717, 1.165) is 6.42 Å². The van der Waals surface area contributed by atoms with Crippen LogP contribution >= 0.6 is 0 Å². The quantitative estimate of drug-likeness (QED) is 0.682. The third-order valence-corrected chi connectivity index (χ3v) is 3.19. The molecule has 1 rings (SSSR count). The van der Waals surface area contributed by atoms with Gasteiger partial charge >= 0.3 is 0 Å². The number of hydrogen-bond donors (Lipinski definition) is 1. The monoisotopic (exact) mass is 234 g/mol. The van der Waals surface area contributed by atoms with Crippen molar-refractivity contribution >= 4 is 5.82 Å². The van der Waals surface area contributed by atoms with Crippen LogP contribution in [0.4, 0.5) is 5.82 Å². The smallest absolute Gasteiger partial charge is 0.126 e. The Bertz CT molecular complexity index is 321. The van der Waals surface area contributed by atoms with Crippen molar-refractivity contribution in [3.63, 3.8) is 0 Å². The lowest BCUT2D eigenvalue weighted by Gasteiger charge is -2.06. The maximum absolute atomic E-state index is 5.86. The second kappa shape index (κ2) is 8.10. The topological polar surface area (TPSA) is 38.9 Å². The second-order valence-corrected chi connectivity index (χ2v) is 4.93. The first kappa shape index (κ1) is 14.0. The highest BCUT2D eigenvalue weighted by Crippen LogP contribution is 2.15. The lowest BCUT2D eigenvalue weighted by molar-refractivity contribution is 0.589. The third kappa shape index (κ3) is 5.71. The summed E-state index contributed by atoms with van der Waals surface area (Å²) in [5, 5.41) is 0. The minimum Gasteiger partial charge on any atom is -0.383 e. The summed E-state index contributed by atoms with van der Waals surface area (Å²) < 4.78 is 0. The standard InChI is InChI=1S/C15H26N2/c1-3-4-5-6-7-8-9-10-14-11-13(2)12-17-15(14)16/h11-12H,3-10H2,1-2H3,(H2,16,17). The molecule has 2 N–H and O–H groups in total. The number of aryl methyl sites for hydroxylation is 2. The Morgan fingerprint density at radius 3 is 2.41 bits per heavy atom. The first-order chi connectivity index (χ1) is 8.24. The Morgan fingerprint density at radius 2 is 1.71 bits per heavy atom. The second-order valence-electron chi connectivity index (χ2n) is 4.93. The summed E-state index contributed by atoms with van der Waals surface area (Å²) in [7, 11) is 0. The molecular weight excluding hydrogens is 208 g/mol. The van der Waals surface area contributed by atoms with E-state index in [1.54, 1.807) is 0 Å². The highest BCUT2D eigenvalue weighted by molar-refractivity contribution is 5.40. The average molecular weight is 234 g/mol.